The molecule has 0 aliphatic carbocycles. The van der Waals surface area contributed by atoms with E-state index in [0.717, 1.165) is 6.07 Å². The normalized spacial score (nSPS) is 11.6. The van der Waals surface area contributed by atoms with E-state index in [2.05, 4.69) is 15.5 Å². The van der Waals surface area contributed by atoms with E-state index in [4.69, 9.17) is 0 Å². The van der Waals surface area contributed by atoms with Gasteiger partial charge in [-0.2, -0.15) is 13.2 Å². The fraction of sp³-hybridized carbons (Fsp3) is 0.333. The smallest absolute Gasteiger partial charge is 0.378 e. The molecule has 4 nitrogen and oxygen atoms in total. The van der Waals surface area contributed by atoms with Gasteiger partial charge in [0.2, 0.25) is 0 Å². The van der Waals surface area contributed by atoms with Crippen LogP contribution in [0.25, 0.3) is 0 Å². The van der Waals surface area contributed by atoms with Crippen LogP contribution in [-0.4, -0.2) is 14.8 Å². The Morgan fingerprint density at radius 2 is 2.05 bits per heavy atom. The predicted molar refractivity (Wildman–Crippen MR) is 64.5 cm³/mol. The van der Waals surface area contributed by atoms with E-state index in [1.165, 1.54) is 19.3 Å². The van der Waals surface area contributed by atoms with Gasteiger partial charge in [0.05, 0.1) is 12.1 Å². The van der Waals surface area contributed by atoms with Crippen LogP contribution in [0.1, 0.15) is 17.0 Å². The minimum atomic E-state index is -4.34. The highest BCUT2D eigenvalue weighted by Gasteiger charge is 2.32. The number of aryl methyl sites for hydroxylation is 2. The molecule has 1 aromatic heterocycles. The molecule has 2 rings (SSSR count). The number of nitrogens with one attached hydrogen (secondary N) is 1. The van der Waals surface area contributed by atoms with E-state index in [-0.39, 0.29) is 5.56 Å². The van der Waals surface area contributed by atoms with Gasteiger partial charge >= 0.3 is 6.18 Å². The Hall–Kier alpha value is -2.05. The van der Waals surface area contributed by atoms with Gasteiger partial charge in [-0.05, 0) is 24.6 Å². The number of rotatable bonds is 3. The van der Waals surface area contributed by atoms with Crippen LogP contribution < -0.4 is 5.32 Å². The van der Waals surface area contributed by atoms with Gasteiger partial charge in [-0.3, -0.25) is 0 Å². The number of nitrogens with zero attached hydrogens (tertiary/aromatic N) is 3. The Morgan fingerprint density at radius 1 is 1.32 bits per heavy atom. The summed E-state index contributed by atoms with van der Waals surface area (Å²) in [7, 11) is 1.77. The molecule has 1 N–H and O–H groups in total. The molecule has 19 heavy (non-hydrogen) atoms. The molecule has 0 aliphatic rings. The third kappa shape index (κ3) is 3.04. The lowest BCUT2D eigenvalue weighted by molar-refractivity contribution is -0.138. The molecule has 0 aliphatic heterocycles. The zero-order chi connectivity index (χ0) is 14.0. The first-order valence-electron chi connectivity index (χ1n) is 5.62. The van der Waals surface area contributed by atoms with Crippen molar-refractivity contribution in [3.8, 4) is 0 Å². The highest BCUT2D eigenvalue weighted by Crippen LogP contribution is 2.33. The van der Waals surface area contributed by atoms with Crippen LogP contribution in [0.5, 0.6) is 0 Å². The summed E-state index contributed by atoms with van der Waals surface area (Å²) in [6.07, 6.45) is -2.81. The van der Waals surface area contributed by atoms with Crippen LogP contribution in [0.15, 0.2) is 24.5 Å². The number of halogens is 3. The van der Waals surface area contributed by atoms with E-state index < -0.39 is 11.7 Å². The van der Waals surface area contributed by atoms with Crippen molar-refractivity contribution >= 4 is 5.69 Å². The molecule has 0 fully saturated rings. The molecule has 7 heteroatoms. The Morgan fingerprint density at radius 3 is 2.63 bits per heavy atom. The van der Waals surface area contributed by atoms with Gasteiger partial charge in [0.15, 0.2) is 5.82 Å². The molecule has 0 saturated carbocycles. The van der Waals surface area contributed by atoms with E-state index >= 15 is 0 Å². The minimum Gasteiger partial charge on any atom is -0.378 e. The fourth-order valence-corrected chi connectivity index (χ4v) is 1.69. The quantitative estimate of drug-likeness (QED) is 0.932. The lowest BCUT2D eigenvalue weighted by Crippen LogP contribution is -2.10. The summed E-state index contributed by atoms with van der Waals surface area (Å²) < 4.78 is 40.0. The van der Waals surface area contributed by atoms with E-state index in [0.29, 0.717) is 18.1 Å². The van der Waals surface area contributed by atoms with Crippen molar-refractivity contribution in [2.24, 2.45) is 7.05 Å². The summed E-state index contributed by atoms with van der Waals surface area (Å²) in [5.41, 5.74) is -0.0203. The van der Waals surface area contributed by atoms with Gasteiger partial charge in [-0.1, -0.05) is 6.07 Å². The number of aromatic nitrogens is 3. The first-order chi connectivity index (χ1) is 8.88. The molecule has 0 atom stereocenters. The van der Waals surface area contributed by atoms with E-state index in [1.54, 1.807) is 17.7 Å². The van der Waals surface area contributed by atoms with Crippen molar-refractivity contribution in [3.63, 3.8) is 0 Å². The highest BCUT2D eigenvalue weighted by atomic mass is 19.4. The predicted octanol–water partition coefficient (Wildman–Crippen LogP) is 2.75. The van der Waals surface area contributed by atoms with Crippen molar-refractivity contribution in [2.75, 3.05) is 5.32 Å². The summed E-state index contributed by atoms with van der Waals surface area (Å²) in [4.78, 5) is 0. The zero-order valence-electron chi connectivity index (χ0n) is 10.5. The van der Waals surface area contributed by atoms with Crippen LogP contribution in [-0.2, 0) is 19.8 Å². The molecule has 1 aromatic carbocycles. The SMILES string of the molecule is Cc1ccc(NCc2nncn2C)cc1C(F)(F)F. The number of alkyl halides is 3. The number of hydrogen-bond donors (Lipinski definition) is 1. The van der Waals surface area contributed by atoms with Crippen molar-refractivity contribution in [1.29, 1.82) is 0 Å². The lowest BCUT2D eigenvalue weighted by Gasteiger charge is -2.13. The topological polar surface area (TPSA) is 42.7 Å². The molecule has 0 unspecified atom stereocenters. The van der Waals surface area contributed by atoms with E-state index in [1.807, 2.05) is 0 Å². The summed E-state index contributed by atoms with van der Waals surface area (Å²) in [6, 6.07) is 4.16. The second-order valence-corrected chi connectivity index (χ2v) is 4.24. The maximum absolute atomic E-state index is 12.8. The monoisotopic (exact) mass is 270 g/mol. The molecule has 0 saturated heterocycles. The summed E-state index contributed by atoms with van der Waals surface area (Å²) >= 11 is 0. The standard InChI is InChI=1S/C12H13F3N4/c1-8-3-4-9(5-10(8)12(13,14)15)16-6-11-18-17-7-19(11)2/h3-5,7,16H,6H2,1-2H3. The molecule has 2 aromatic rings. The van der Waals surface area contributed by atoms with Gasteiger partial charge in [0.25, 0.3) is 0 Å². The fourth-order valence-electron chi connectivity index (χ4n) is 1.69. The minimum absolute atomic E-state index is 0.205. The second kappa shape index (κ2) is 4.91. The van der Waals surface area contributed by atoms with Crippen molar-refractivity contribution in [1.82, 2.24) is 14.8 Å². The number of benzene rings is 1. The molecular weight excluding hydrogens is 257 g/mol. The van der Waals surface area contributed by atoms with Crippen molar-refractivity contribution in [3.05, 3.63) is 41.5 Å². The first-order valence-corrected chi connectivity index (χ1v) is 5.62. The maximum Gasteiger partial charge on any atom is 0.416 e. The Bertz CT molecular complexity index is 575. The van der Waals surface area contributed by atoms with Crippen LogP contribution >= 0.6 is 0 Å². The highest BCUT2D eigenvalue weighted by molar-refractivity contribution is 5.49. The molecule has 0 radical (unpaired) electrons. The largest absolute Gasteiger partial charge is 0.416 e. The van der Waals surface area contributed by atoms with Crippen molar-refractivity contribution < 1.29 is 13.2 Å². The molecule has 0 amide bonds. The van der Waals surface area contributed by atoms with Gasteiger partial charge in [-0.15, -0.1) is 10.2 Å². The zero-order valence-corrected chi connectivity index (χ0v) is 10.5. The van der Waals surface area contributed by atoms with Gasteiger partial charge in [0, 0.05) is 12.7 Å². The Balaban J connectivity index is 2.16. The molecule has 0 spiro atoms. The van der Waals surface area contributed by atoms with E-state index in [9.17, 15) is 13.2 Å². The molecule has 102 valence electrons. The third-order valence-corrected chi connectivity index (χ3v) is 2.80. The Kier molecular flexibility index (Phi) is 3.46. The van der Waals surface area contributed by atoms with Gasteiger partial charge in [-0.25, -0.2) is 0 Å². The van der Waals surface area contributed by atoms with Gasteiger partial charge < -0.3 is 9.88 Å². The van der Waals surface area contributed by atoms with Crippen LogP contribution in [0.2, 0.25) is 0 Å². The summed E-state index contributed by atoms with van der Waals surface area (Å²) in [6.45, 7) is 1.76. The van der Waals surface area contributed by atoms with Crippen LogP contribution in [0.3, 0.4) is 0 Å². The molecule has 1 heterocycles. The van der Waals surface area contributed by atoms with Crippen LogP contribution in [0.4, 0.5) is 18.9 Å². The average molecular weight is 270 g/mol. The van der Waals surface area contributed by atoms with Gasteiger partial charge in [0.1, 0.15) is 6.33 Å². The Labute approximate surface area is 108 Å². The first kappa shape index (κ1) is 13.4. The second-order valence-electron chi connectivity index (χ2n) is 4.24. The number of anilines is 1. The van der Waals surface area contributed by atoms with Crippen molar-refractivity contribution in [2.45, 2.75) is 19.6 Å². The summed E-state index contributed by atoms with van der Waals surface area (Å²) in [5.74, 6) is 0.647. The molecular formula is C12H13F3N4. The lowest BCUT2D eigenvalue weighted by atomic mass is 10.1. The molecule has 0 bridgehead atoms. The third-order valence-electron chi connectivity index (χ3n) is 2.80. The van der Waals surface area contributed by atoms with Crippen LogP contribution in [0, 0.1) is 6.92 Å². The summed E-state index contributed by atoms with van der Waals surface area (Å²) in [5, 5.41) is 10.4. The average Bonchev–Trinajstić information content (AvgIpc) is 2.72. The maximum atomic E-state index is 12.8. The number of hydrogen-bond acceptors (Lipinski definition) is 3.